The predicted molar refractivity (Wildman–Crippen MR) is 98.3 cm³/mol. The second-order valence-corrected chi connectivity index (χ2v) is 5.98. The summed E-state index contributed by atoms with van der Waals surface area (Å²) in [6, 6.07) is 4.62. The molecule has 0 aliphatic heterocycles. The van der Waals surface area contributed by atoms with Gasteiger partial charge in [0, 0.05) is 0 Å². The van der Waals surface area contributed by atoms with Crippen LogP contribution in [0.15, 0.2) is 41.2 Å². The van der Waals surface area contributed by atoms with Crippen LogP contribution in [0.3, 0.4) is 0 Å². The molecule has 0 radical (unpaired) electrons. The lowest BCUT2D eigenvalue weighted by Gasteiger charge is -2.21. The van der Waals surface area contributed by atoms with E-state index in [4.69, 9.17) is 13.9 Å². The van der Waals surface area contributed by atoms with Gasteiger partial charge in [0.15, 0.2) is 11.5 Å². The molecule has 9 heteroatoms. The zero-order valence-corrected chi connectivity index (χ0v) is 15.7. The van der Waals surface area contributed by atoms with Crippen LogP contribution in [0.25, 0.3) is 0 Å². The van der Waals surface area contributed by atoms with E-state index in [2.05, 4.69) is 10.6 Å². The Bertz CT molecular complexity index is 833. The van der Waals surface area contributed by atoms with Gasteiger partial charge in [-0.3, -0.25) is 14.4 Å². The van der Waals surface area contributed by atoms with E-state index >= 15 is 0 Å². The van der Waals surface area contributed by atoms with Gasteiger partial charge >= 0.3 is 5.97 Å². The number of hydrogen-bond donors (Lipinski definition) is 3. The minimum absolute atomic E-state index is 0.279. The molecule has 0 saturated carbocycles. The number of nitrogens with one attached hydrogen (secondary N) is 2. The summed E-state index contributed by atoms with van der Waals surface area (Å²) >= 11 is 0. The van der Waals surface area contributed by atoms with Crippen molar-refractivity contribution >= 4 is 17.8 Å². The Labute approximate surface area is 161 Å². The summed E-state index contributed by atoms with van der Waals surface area (Å²) < 4.78 is 15.2. The van der Waals surface area contributed by atoms with Crippen LogP contribution in [0.4, 0.5) is 0 Å². The van der Waals surface area contributed by atoms with Crippen LogP contribution >= 0.6 is 0 Å². The van der Waals surface area contributed by atoms with Crippen LogP contribution in [0.5, 0.6) is 11.5 Å². The van der Waals surface area contributed by atoms with Crippen molar-refractivity contribution in [2.45, 2.75) is 25.4 Å². The zero-order chi connectivity index (χ0) is 20.7. The number of rotatable bonds is 9. The molecule has 0 spiro atoms. The number of aliphatic carboxylic acids is 1. The van der Waals surface area contributed by atoms with Crippen molar-refractivity contribution in [3.63, 3.8) is 0 Å². The first kappa shape index (κ1) is 20.8. The molecule has 3 N–H and O–H groups in total. The summed E-state index contributed by atoms with van der Waals surface area (Å²) in [5.41, 5.74) is 0.809. The average molecular weight is 390 g/mol. The molecular weight excluding hydrogens is 368 g/mol. The molecule has 150 valence electrons. The molecule has 2 unspecified atom stereocenters. The number of carbonyl (C=O) groups excluding carboxylic acids is 2. The molecular formula is C19H22N2O7. The lowest BCUT2D eigenvalue weighted by atomic mass is 10.0. The van der Waals surface area contributed by atoms with Crippen LogP contribution in [0.2, 0.25) is 0 Å². The standard InChI is InChI=1S/C19H22N2O7/c1-11(20-19(25)13-6-7-28-10-13)18(24)21-14(9-17(22)23)12-4-5-15(26-2)16(8-12)27-3/h4-8,10-11,14H,9H2,1-3H3,(H,20,25)(H,21,24)(H,22,23). The van der Waals surface area contributed by atoms with Crippen LogP contribution in [0.1, 0.15) is 35.3 Å². The predicted octanol–water partition coefficient (Wildman–Crippen LogP) is 1.75. The maximum absolute atomic E-state index is 12.5. The van der Waals surface area contributed by atoms with Gasteiger partial charge in [0.05, 0.1) is 38.5 Å². The van der Waals surface area contributed by atoms with E-state index < -0.39 is 29.9 Å². The van der Waals surface area contributed by atoms with Gasteiger partial charge in [0.25, 0.3) is 5.91 Å². The van der Waals surface area contributed by atoms with Crippen LogP contribution in [-0.4, -0.2) is 43.2 Å². The third-order valence-corrected chi connectivity index (χ3v) is 4.03. The van der Waals surface area contributed by atoms with E-state index in [0.29, 0.717) is 17.1 Å². The highest BCUT2D eigenvalue weighted by Gasteiger charge is 2.24. The van der Waals surface area contributed by atoms with E-state index in [9.17, 15) is 19.5 Å². The van der Waals surface area contributed by atoms with Crippen molar-refractivity contribution in [1.29, 1.82) is 0 Å². The molecule has 0 saturated heterocycles. The largest absolute Gasteiger partial charge is 0.493 e. The van der Waals surface area contributed by atoms with E-state index in [-0.39, 0.29) is 12.0 Å². The van der Waals surface area contributed by atoms with Crippen molar-refractivity contribution in [2.24, 2.45) is 0 Å². The Balaban J connectivity index is 2.13. The van der Waals surface area contributed by atoms with Crippen molar-refractivity contribution in [3.05, 3.63) is 47.9 Å². The Morgan fingerprint density at radius 3 is 2.39 bits per heavy atom. The molecule has 2 atom stereocenters. The second kappa shape index (κ2) is 9.45. The maximum Gasteiger partial charge on any atom is 0.305 e. The van der Waals surface area contributed by atoms with Gasteiger partial charge in [-0.2, -0.15) is 0 Å². The van der Waals surface area contributed by atoms with Crippen molar-refractivity contribution in [1.82, 2.24) is 10.6 Å². The number of ether oxygens (including phenoxy) is 2. The number of carboxylic acid groups (broad SMARTS) is 1. The van der Waals surface area contributed by atoms with Gasteiger partial charge in [-0.15, -0.1) is 0 Å². The summed E-state index contributed by atoms with van der Waals surface area (Å²) in [4.78, 5) is 35.8. The number of carboxylic acids is 1. The van der Waals surface area contributed by atoms with Gasteiger partial charge < -0.3 is 29.6 Å². The quantitative estimate of drug-likeness (QED) is 0.595. The number of benzene rings is 1. The monoisotopic (exact) mass is 390 g/mol. The number of furan rings is 1. The van der Waals surface area contributed by atoms with E-state index in [1.54, 1.807) is 18.2 Å². The number of hydrogen-bond acceptors (Lipinski definition) is 6. The molecule has 9 nitrogen and oxygen atoms in total. The SMILES string of the molecule is COc1ccc(C(CC(=O)O)NC(=O)C(C)NC(=O)c2ccoc2)cc1OC. The van der Waals surface area contributed by atoms with Gasteiger partial charge in [-0.05, 0) is 30.7 Å². The Morgan fingerprint density at radius 2 is 1.82 bits per heavy atom. The molecule has 2 rings (SSSR count). The lowest BCUT2D eigenvalue weighted by molar-refractivity contribution is -0.137. The fraction of sp³-hybridized carbons (Fsp3) is 0.316. The first-order valence-electron chi connectivity index (χ1n) is 8.42. The first-order chi connectivity index (χ1) is 13.3. The van der Waals surface area contributed by atoms with Crippen LogP contribution in [0, 0.1) is 0 Å². The second-order valence-electron chi connectivity index (χ2n) is 5.98. The van der Waals surface area contributed by atoms with Crippen LogP contribution < -0.4 is 20.1 Å². The van der Waals surface area contributed by atoms with Gasteiger partial charge in [0.1, 0.15) is 12.3 Å². The van der Waals surface area contributed by atoms with Crippen molar-refractivity contribution < 1.29 is 33.4 Å². The first-order valence-corrected chi connectivity index (χ1v) is 8.42. The lowest BCUT2D eigenvalue weighted by Crippen LogP contribution is -2.46. The summed E-state index contributed by atoms with van der Waals surface area (Å²) in [5, 5.41) is 14.4. The summed E-state index contributed by atoms with van der Waals surface area (Å²) in [6.07, 6.45) is 2.26. The summed E-state index contributed by atoms with van der Waals surface area (Å²) in [5.74, 6) is -1.20. The molecule has 1 heterocycles. The zero-order valence-electron chi connectivity index (χ0n) is 15.7. The molecule has 2 amide bonds. The number of methoxy groups -OCH3 is 2. The highest BCUT2D eigenvalue weighted by Crippen LogP contribution is 2.31. The minimum Gasteiger partial charge on any atom is -0.493 e. The molecule has 1 aromatic heterocycles. The van der Waals surface area contributed by atoms with Gasteiger partial charge in [0.2, 0.25) is 5.91 Å². The molecule has 0 fully saturated rings. The van der Waals surface area contributed by atoms with E-state index in [1.807, 2.05) is 0 Å². The minimum atomic E-state index is -1.09. The maximum atomic E-state index is 12.5. The van der Waals surface area contributed by atoms with E-state index in [1.165, 1.54) is 39.7 Å². The molecule has 28 heavy (non-hydrogen) atoms. The Morgan fingerprint density at radius 1 is 1.11 bits per heavy atom. The summed E-state index contributed by atoms with van der Waals surface area (Å²) in [7, 11) is 2.94. The Hall–Kier alpha value is -3.49. The van der Waals surface area contributed by atoms with E-state index in [0.717, 1.165) is 0 Å². The number of carbonyl (C=O) groups is 3. The fourth-order valence-electron chi connectivity index (χ4n) is 2.53. The smallest absolute Gasteiger partial charge is 0.305 e. The van der Waals surface area contributed by atoms with Crippen molar-refractivity contribution in [3.8, 4) is 11.5 Å². The third kappa shape index (κ3) is 5.26. The fourth-order valence-corrected chi connectivity index (χ4v) is 2.53. The number of amides is 2. The third-order valence-electron chi connectivity index (χ3n) is 4.03. The van der Waals surface area contributed by atoms with Gasteiger partial charge in [-0.1, -0.05) is 6.07 Å². The topological polar surface area (TPSA) is 127 Å². The molecule has 1 aromatic carbocycles. The molecule has 0 aliphatic carbocycles. The molecule has 2 aromatic rings. The molecule has 0 bridgehead atoms. The normalized spacial score (nSPS) is 12.5. The van der Waals surface area contributed by atoms with Crippen LogP contribution in [-0.2, 0) is 9.59 Å². The highest BCUT2D eigenvalue weighted by molar-refractivity contribution is 5.97. The Kier molecular flexibility index (Phi) is 7.02. The highest BCUT2D eigenvalue weighted by atomic mass is 16.5. The van der Waals surface area contributed by atoms with Crippen molar-refractivity contribution in [2.75, 3.05) is 14.2 Å². The average Bonchev–Trinajstić information content (AvgIpc) is 3.21. The van der Waals surface area contributed by atoms with Gasteiger partial charge in [-0.25, -0.2) is 0 Å². The summed E-state index contributed by atoms with van der Waals surface area (Å²) in [6.45, 7) is 1.50. The molecule has 0 aliphatic rings.